The maximum atomic E-state index is 7.35. The molecule has 0 fully saturated rings. The van der Waals surface area contributed by atoms with E-state index in [1.54, 1.807) is 41.2 Å². The van der Waals surface area contributed by atoms with Crippen molar-refractivity contribution in [3.05, 3.63) is 63.3 Å². The van der Waals surface area contributed by atoms with E-state index in [-0.39, 0.29) is 0 Å². The summed E-state index contributed by atoms with van der Waals surface area (Å²) in [7, 11) is 0. The molecule has 2 heterocycles. The Hall–Kier alpha value is -1.73. The summed E-state index contributed by atoms with van der Waals surface area (Å²) in [6.07, 6.45) is 5.18. The molecule has 0 radical (unpaired) electrons. The Morgan fingerprint density at radius 1 is 1.15 bits per heavy atom. The summed E-state index contributed by atoms with van der Waals surface area (Å²) in [5.74, 6) is 0. The van der Waals surface area contributed by atoms with Gasteiger partial charge in [-0.05, 0) is 17.7 Å². The predicted octanol–water partition coefficient (Wildman–Crippen LogP) is 5.51. The van der Waals surface area contributed by atoms with Crippen LogP contribution in [0.1, 0.15) is 0 Å². The Morgan fingerprint density at radius 3 is 2.65 bits per heavy atom. The minimum absolute atomic E-state index is 0.313. The van der Waals surface area contributed by atoms with Crippen molar-refractivity contribution in [2.45, 2.75) is 0 Å². The number of rotatable bonds is 1. The molecule has 3 nitrogen and oxygen atoms in total. The largest absolute Gasteiger partial charge is 0.308 e. The summed E-state index contributed by atoms with van der Waals surface area (Å²) in [4.78, 5) is 7.64. The lowest BCUT2D eigenvalue weighted by Crippen LogP contribution is -1.89. The number of aromatic nitrogens is 2. The summed E-state index contributed by atoms with van der Waals surface area (Å²) in [5, 5.41) is 1.32. The van der Waals surface area contributed by atoms with Crippen LogP contribution < -0.4 is 0 Å². The van der Waals surface area contributed by atoms with E-state index in [4.69, 9.17) is 41.4 Å². The van der Waals surface area contributed by atoms with E-state index < -0.39 is 0 Å². The van der Waals surface area contributed by atoms with Gasteiger partial charge in [0.1, 0.15) is 5.65 Å². The molecule has 3 rings (SSSR count). The third kappa shape index (κ3) is 2.03. The highest BCUT2D eigenvalue weighted by Gasteiger charge is 2.16. The van der Waals surface area contributed by atoms with Crippen molar-refractivity contribution in [3.8, 4) is 11.1 Å². The zero-order chi connectivity index (χ0) is 14.3. The van der Waals surface area contributed by atoms with Crippen LogP contribution in [0.25, 0.3) is 21.6 Å². The van der Waals surface area contributed by atoms with Gasteiger partial charge in [-0.3, -0.25) is 0 Å². The highest BCUT2D eigenvalue weighted by molar-refractivity contribution is 6.38. The lowest BCUT2D eigenvalue weighted by molar-refractivity contribution is 1.19. The van der Waals surface area contributed by atoms with Gasteiger partial charge in [-0.2, -0.15) is 0 Å². The van der Waals surface area contributed by atoms with E-state index >= 15 is 0 Å². The molecule has 0 atom stereocenters. The van der Waals surface area contributed by atoms with Crippen molar-refractivity contribution < 1.29 is 0 Å². The lowest BCUT2D eigenvalue weighted by Gasteiger charge is -2.10. The van der Waals surface area contributed by atoms with Gasteiger partial charge in [0.2, 0.25) is 5.69 Å². The standard InChI is InChI=1S/C14H6Cl3N3/c1-18-13-10(9-3-2-8(15)6-11(9)16)7-20-5-4-19-14(20)12(13)17/h2-7H. The molecule has 0 N–H and O–H groups in total. The van der Waals surface area contributed by atoms with E-state index in [0.29, 0.717) is 37.5 Å². The second kappa shape index (κ2) is 4.99. The van der Waals surface area contributed by atoms with Crippen LogP contribution in [-0.2, 0) is 0 Å². The lowest BCUT2D eigenvalue weighted by atomic mass is 10.1. The molecular weight excluding hydrogens is 317 g/mol. The molecule has 0 unspecified atom stereocenters. The number of hydrogen-bond donors (Lipinski definition) is 0. The summed E-state index contributed by atoms with van der Waals surface area (Å²) in [6, 6.07) is 5.13. The highest BCUT2D eigenvalue weighted by Crippen LogP contribution is 2.41. The second-order valence-electron chi connectivity index (χ2n) is 4.10. The Bertz CT molecular complexity index is 862. The maximum absolute atomic E-state index is 7.35. The molecule has 3 aromatic rings. The first-order valence-electron chi connectivity index (χ1n) is 5.60. The van der Waals surface area contributed by atoms with Crippen LogP contribution >= 0.6 is 34.8 Å². The SMILES string of the molecule is [C-]#[N+]c1c(-c2ccc(Cl)cc2Cl)cn2ccnc2c1Cl. The van der Waals surface area contributed by atoms with Gasteiger partial charge in [0.15, 0.2) is 0 Å². The molecule has 0 aliphatic carbocycles. The molecule has 20 heavy (non-hydrogen) atoms. The van der Waals surface area contributed by atoms with Gasteiger partial charge in [-0.25, -0.2) is 9.83 Å². The number of benzene rings is 1. The van der Waals surface area contributed by atoms with Crippen molar-refractivity contribution >= 4 is 46.1 Å². The predicted molar refractivity (Wildman–Crippen MR) is 81.9 cm³/mol. The van der Waals surface area contributed by atoms with E-state index in [2.05, 4.69) is 9.83 Å². The number of imidazole rings is 1. The van der Waals surface area contributed by atoms with Crippen LogP contribution in [0.3, 0.4) is 0 Å². The zero-order valence-corrected chi connectivity index (χ0v) is 12.2. The van der Waals surface area contributed by atoms with Gasteiger partial charge in [-0.1, -0.05) is 40.9 Å². The number of halogens is 3. The minimum Gasteiger partial charge on any atom is -0.308 e. The van der Waals surface area contributed by atoms with E-state index in [1.165, 1.54) is 0 Å². The number of nitrogens with zero attached hydrogens (tertiary/aromatic N) is 3. The fourth-order valence-electron chi connectivity index (χ4n) is 2.03. The zero-order valence-electron chi connectivity index (χ0n) is 9.94. The molecule has 0 aliphatic heterocycles. The molecule has 0 aliphatic rings. The quantitative estimate of drug-likeness (QED) is 0.541. The van der Waals surface area contributed by atoms with E-state index in [9.17, 15) is 0 Å². The average Bonchev–Trinajstić information content (AvgIpc) is 2.87. The Labute approximate surface area is 130 Å². The van der Waals surface area contributed by atoms with E-state index in [1.807, 2.05) is 0 Å². The monoisotopic (exact) mass is 321 g/mol. The number of hydrogen-bond acceptors (Lipinski definition) is 1. The third-order valence-corrected chi connectivity index (χ3v) is 3.83. The van der Waals surface area contributed by atoms with Crippen LogP contribution in [0.15, 0.2) is 36.8 Å². The maximum Gasteiger partial charge on any atom is 0.218 e. The molecule has 0 amide bonds. The molecule has 2 aromatic heterocycles. The van der Waals surface area contributed by atoms with Crippen molar-refractivity contribution in [2.75, 3.05) is 0 Å². The molecule has 0 saturated heterocycles. The molecule has 0 spiro atoms. The molecular formula is C14H6Cl3N3. The first-order chi connectivity index (χ1) is 9.61. The van der Waals surface area contributed by atoms with E-state index in [0.717, 1.165) is 0 Å². The third-order valence-electron chi connectivity index (χ3n) is 2.93. The Kier molecular flexibility index (Phi) is 3.31. The van der Waals surface area contributed by atoms with Crippen LogP contribution in [-0.4, -0.2) is 9.38 Å². The van der Waals surface area contributed by atoms with Gasteiger partial charge >= 0.3 is 0 Å². The summed E-state index contributed by atoms with van der Waals surface area (Å²) >= 11 is 18.4. The summed E-state index contributed by atoms with van der Waals surface area (Å²) < 4.78 is 1.76. The molecule has 6 heteroatoms. The fraction of sp³-hybridized carbons (Fsp3) is 0. The van der Waals surface area contributed by atoms with Gasteiger partial charge in [0, 0.05) is 34.2 Å². The van der Waals surface area contributed by atoms with Gasteiger partial charge in [0.05, 0.1) is 11.6 Å². The van der Waals surface area contributed by atoms with Crippen molar-refractivity contribution in [1.82, 2.24) is 9.38 Å². The van der Waals surface area contributed by atoms with Crippen LogP contribution in [0.2, 0.25) is 15.1 Å². The van der Waals surface area contributed by atoms with Crippen LogP contribution in [0.4, 0.5) is 5.69 Å². The Balaban J connectivity index is 2.38. The normalized spacial score (nSPS) is 10.7. The number of pyridine rings is 1. The molecule has 0 bridgehead atoms. The van der Waals surface area contributed by atoms with Gasteiger partial charge in [0.25, 0.3) is 0 Å². The molecule has 98 valence electrons. The van der Waals surface area contributed by atoms with Gasteiger partial charge < -0.3 is 4.40 Å². The number of fused-ring (bicyclic) bond motifs is 1. The summed E-state index contributed by atoms with van der Waals surface area (Å²) in [6.45, 7) is 7.35. The van der Waals surface area contributed by atoms with Crippen molar-refractivity contribution in [3.63, 3.8) is 0 Å². The van der Waals surface area contributed by atoms with Crippen molar-refractivity contribution in [2.24, 2.45) is 0 Å². The first kappa shape index (κ1) is 13.3. The summed E-state index contributed by atoms with van der Waals surface area (Å²) in [5.41, 5.74) is 2.23. The van der Waals surface area contributed by atoms with Crippen LogP contribution in [0.5, 0.6) is 0 Å². The minimum atomic E-state index is 0.313. The Morgan fingerprint density at radius 2 is 1.95 bits per heavy atom. The second-order valence-corrected chi connectivity index (χ2v) is 5.32. The fourth-order valence-corrected chi connectivity index (χ4v) is 2.83. The molecule has 1 aromatic carbocycles. The molecule has 0 saturated carbocycles. The van der Waals surface area contributed by atoms with Crippen LogP contribution in [0, 0.1) is 6.57 Å². The smallest absolute Gasteiger partial charge is 0.218 e. The average molecular weight is 323 g/mol. The van der Waals surface area contributed by atoms with Crippen molar-refractivity contribution in [1.29, 1.82) is 0 Å². The van der Waals surface area contributed by atoms with Gasteiger partial charge in [-0.15, -0.1) is 0 Å². The first-order valence-corrected chi connectivity index (χ1v) is 6.73. The topological polar surface area (TPSA) is 21.7 Å². The highest BCUT2D eigenvalue weighted by atomic mass is 35.5.